The Bertz CT molecular complexity index is 406. The van der Waals surface area contributed by atoms with Gasteiger partial charge < -0.3 is 15.7 Å². The maximum Gasteiger partial charge on any atom is 0.315 e. The molecule has 1 aromatic rings. The number of aryl methyl sites for hydroxylation is 1. The molecular formula is C13H23N3O2S. The molecule has 3 N–H and O–H groups in total. The Morgan fingerprint density at radius 1 is 1.47 bits per heavy atom. The van der Waals surface area contributed by atoms with Gasteiger partial charge in [-0.15, -0.1) is 11.3 Å². The number of aliphatic hydroxyl groups is 1. The van der Waals surface area contributed by atoms with Crippen LogP contribution in [0.4, 0.5) is 4.79 Å². The molecule has 0 saturated heterocycles. The first-order valence-corrected chi connectivity index (χ1v) is 7.35. The van der Waals surface area contributed by atoms with Crippen molar-refractivity contribution in [3.8, 4) is 0 Å². The molecule has 3 atom stereocenters. The van der Waals surface area contributed by atoms with E-state index in [0.29, 0.717) is 13.0 Å². The van der Waals surface area contributed by atoms with Gasteiger partial charge in [0.15, 0.2) is 0 Å². The van der Waals surface area contributed by atoms with E-state index in [1.807, 2.05) is 20.8 Å². The SMILES string of the molecule is Cc1cnc(C(C)NC(=O)NCC(C)CC(C)O)s1. The second-order valence-electron chi connectivity index (χ2n) is 5.08. The highest BCUT2D eigenvalue weighted by Crippen LogP contribution is 2.18. The lowest BCUT2D eigenvalue weighted by Crippen LogP contribution is -2.39. The molecule has 3 unspecified atom stereocenters. The predicted molar refractivity (Wildman–Crippen MR) is 77.3 cm³/mol. The second kappa shape index (κ2) is 7.45. The lowest BCUT2D eigenvalue weighted by Gasteiger charge is -2.16. The number of urea groups is 1. The van der Waals surface area contributed by atoms with Gasteiger partial charge in [-0.25, -0.2) is 9.78 Å². The van der Waals surface area contributed by atoms with E-state index < -0.39 is 0 Å². The van der Waals surface area contributed by atoms with Crippen LogP contribution >= 0.6 is 11.3 Å². The molecule has 0 radical (unpaired) electrons. The number of amides is 2. The number of carbonyl (C=O) groups excluding carboxylic acids is 1. The molecule has 19 heavy (non-hydrogen) atoms. The van der Waals surface area contributed by atoms with Crippen molar-refractivity contribution in [1.29, 1.82) is 0 Å². The third-order valence-electron chi connectivity index (χ3n) is 2.71. The van der Waals surface area contributed by atoms with Crippen molar-refractivity contribution in [3.63, 3.8) is 0 Å². The fourth-order valence-corrected chi connectivity index (χ4v) is 2.59. The van der Waals surface area contributed by atoms with E-state index in [0.717, 1.165) is 9.88 Å². The molecule has 2 amide bonds. The van der Waals surface area contributed by atoms with Gasteiger partial charge in [-0.1, -0.05) is 6.92 Å². The number of hydrogen-bond acceptors (Lipinski definition) is 4. The molecule has 0 bridgehead atoms. The van der Waals surface area contributed by atoms with Crippen LogP contribution in [0.15, 0.2) is 6.20 Å². The number of thiazole rings is 1. The minimum Gasteiger partial charge on any atom is -0.393 e. The van der Waals surface area contributed by atoms with Crippen molar-refractivity contribution in [2.24, 2.45) is 5.92 Å². The molecule has 6 heteroatoms. The van der Waals surface area contributed by atoms with Crippen LogP contribution in [0.25, 0.3) is 0 Å². The van der Waals surface area contributed by atoms with Gasteiger partial charge in [0.2, 0.25) is 0 Å². The molecule has 0 aliphatic heterocycles. The maximum absolute atomic E-state index is 11.7. The number of aromatic nitrogens is 1. The molecule has 0 fully saturated rings. The van der Waals surface area contributed by atoms with Crippen molar-refractivity contribution >= 4 is 17.4 Å². The van der Waals surface area contributed by atoms with Crippen LogP contribution in [0.3, 0.4) is 0 Å². The molecule has 0 aliphatic carbocycles. The largest absolute Gasteiger partial charge is 0.393 e. The minimum atomic E-state index is -0.336. The minimum absolute atomic E-state index is 0.0919. The van der Waals surface area contributed by atoms with Gasteiger partial charge in [0.25, 0.3) is 0 Å². The molecule has 0 aliphatic rings. The molecule has 0 aromatic carbocycles. The Hall–Kier alpha value is -1.14. The summed E-state index contributed by atoms with van der Waals surface area (Å²) in [6, 6.07) is -0.288. The Balaban J connectivity index is 2.31. The predicted octanol–water partition coefficient (Wildman–Crippen LogP) is 2.22. The van der Waals surface area contributed by atoms with Crippen molar-refractivity contribution < 1.29 is 9.90 Å². The van der Waals surface area contributed by atoms with Crippen LogP contribution in [0, 0.1) is 12.8 Å². The Kier molecular flexibility index (Phi) is 6.24. The summed E-state index contributed by atoms with van der Waals surface area (Å²) < 4.78 is 0. The molecule has 0 spiro atoms. The summed E-state index contributed by atoms with van der Waals surface area (Å²) in [5, 5.41) is 15.8. The van der Waals surface area contributed by atoms with Crippen LogP contribution in [-0.2, 0) is 0 Å². The average molecular weight is 285 g/mol. The average Bonchev–Trinajstić information content (AvgIpc) is 2.72. The van der Waals surface area contributed by atoms with E-state index in [4.69, 9.17) is 0 Å². The van der Waals surface area contributed by atoms with Crippen LogP contribution in [-0.4, -0.2) is 28.8 Å². The zero-order chi connectivity index (χ0) is 14.4. The van der Waals surface area contributed by atoms with Crippen LogP contribution < -0.4 is 10.6 Å². The summed E-state index contributed by atoms with van der Waals surface area (Å²) in [7, 11) is 0. The van der Waals surface area contributed by atoms with E-state index in [-0.39, 0.29) is 24.1 Å². The lowest BCUT2D eigenvalue weighted by atomic mass is 10.1. The third-order valence-corrected chi connectivity index (χ3v) is 3.81. The summed E-state index contributed by atoms with van der Waals surface area (Å²) in [5.41, 5.74) is 0. The molecule has 5 nitrogen and oxygen atoms in total. The quantitative estimate of drug-likeness (QED) is 0.750. The number of nitrogens with one attached hydrogen (secondary N) is 2. The highest BCUT2D eigenvalue weighted by Gasteiger charge is 2.13. The van der Waals surface area contributed by atoms with Crippen LogP contribution in [0.2, 0.25) is 0 Å². The monoisotopic (exact) mass is 285 g/mol. The summed E-state index contributed by atoms with van der Waals surface area (Å²) in [6.07, 6.45) is 2.15. The Morgan fingerprint density at radius 2 is 2.16 bits per heavy atom. The van der Waals surface area contributed by atoms with E-state index in [1.54, 1.807) is 24.5 Å². The molecular weight excluding hydrogens is 262 g/mol. The maximum atomic E-state index is 11.7. The summed E-state index contributed by atoms with van der Waals surface area (Å²) >= 11 is 1.58. The molecule has 1 rings (SSSR count). The molecule has 1 aromatic heterocycles. The number of aliphatic hydroxyl groups excluding tert-OH is 1. The number of rotatable bonds is 6. The lowest BCUT2D eigenvalue weighted by molar-refractivity contribution is 0.163. The first-order valence-electron chi connectivity index (χ1n) is 6.53. The summed E-state index contributed by atoms with van der Waals surface area (Å²) in [5.74, 6) is 0.253. The second-order valence-corrected chi connectivity index (χ2v) is 6.34. The van der Waals surface area contributed by atoms with Crippen LogP contribution in [0.5, 0.6) is 0 Å². The van der Waals surface area contributed by atoms with Gasteiger partial charge in [-0.2, -0.15) is 0 Å². The fraction of sp³-hybridized carbons (Fsp3) is 0.692. The molecule has 108 valence electrons. The van der Waals surface area contributed by atoms with E-state index in [1.165, 1.54) is 0 Å². The van der Waals surface area contributed by atoms with Gasteiger partial charge in [0.1, 0.15) is 5.01 Å². The van der Waals surface area contributed by atoms with Crippen molar-refractivity contribution in [3.05, 3.63) is 16.1 Å². The number of carbonyl (C=O) groups is 1. The van der Waals surface area contributed by atoms with E-state index >= 15 is 0 Å². The smallest absolute Gasteiger partial charge is 0.315 e. The van der Waals surface area contributed by atoms with Crippen molar-refractivity contribution in [2.45, 2.75) is 46.3 Å². The standard InChI is InChI=1S/C13H23N3O2S/c1-8(5-9(2)17)6-15-13(18)16-11(4)12-14-7-10(3)19-12/h7-9,11,17H,5-6H2,1-4H3,(H2,15,16,18). The molecule has 1 heterocycles. The summed E-state index contributed by atoms with van der Waals surface area (Å²) in [6.45, 7) is 8.22. The van der Waals surface area contributed by atoms with E-state index in [2.05, 4.69) is 15.6 Å². The Labute approximate surface area is 118 Å². The summed E-state index contributed by atoms with van der Waals surface area (Å²) in [4.78, 5) is 17.1. The fourth-order valence-electron chi connectivity index (χ4n) is 1.81. The highest BCUT2D eigenvalue weighted by atomic mass is 32.1. The van der Waals surface area contributed by atoms with Gasteiger partial charge in [-0.3, -0.25) is 0 Å². The first-order chi connectivity index (χ1) is 8.88. The molecule has 0 saturated carbocycles. The van der Waals surface area contributed by atoms with Gasteiger partial charge in [0, 0.05) is 17.6 Å². The highest BCUT2D eigenvalue weighted by molar-refractivity contribution is 7.11. The van der Waals surface area contributed by atoms with Gasteiger partial charge in [0.05, 0.1) is 12.1 Å². The topological polar surface area (TPSA) is 74.2 Å². The Morgan fingerprint density at radius 3 is 2.68 bits per heavy atom. The van der Waals surface area contributed by atoms with Crippen molar-refractivity contribution in [1.82, 2.24) is 15.6 Å². The van der Waals surface area contributed by atoms with E-state index in [9.17, 15) is 9.90 Å². The number of hydrogen-bond donors (Lipinski definition) is 3. The third kappa shape index (κ3) is 6.02. The van der Waals surface area contributed by atoms with Gasteiger partial charge in [-0.05, 0) is 33.1 Å². The van der Waals surface area contributed by atoms with Crippen LogP contribution in [0.1, 0.15) is 43.1 Å². The van der Waals surface area contributed by atoms with Gasteiger partial charge >= 0.3 is 6.03 Å². The zero-order valence-corrected chi connectivity index (χ0v) is 12.8. The normalized spacial score (nSPS) is 15.6. The zero-order valence-electron chi connectivity index (χ0n) is 11.9. The van der Waals surface area contributed by atoms with Crippen molar-refractivity contribution in [2.75, 3.05) is 6.54 Å². The number of nitrogens with zero attached hydrogens (tertiary/aromatic N) is 1. The first kappa shape index (κ1) is 15.9.